The molecular formula is C32H70N2O11. The van der Waals surface area contributed by atoms with Crippen LogP contribution in [0.15, 0.2) is 0 Å². The van der Waals surface area contributed by atoms with Crippen LogP contribution in [0.5, 0.6) is 0 Å². The number of hydrogen-bond acceptors (Lipinski definition) is 13. The Morgan fingerprint density at radius 3 is 0.956 bits per heavy atom. The first kappa shape index (κ1) is 46.6. The molecule has 8 unspecified atom stereocenters. The van der Waals surface area contributed by atoms with E-state index in [9.17, 15) is 40.9 Å². The molecule has 0 fully saturated rings. The summed E-state index contributed by atoms with van der Waals surface area (Å²) in [6.45, 7) is 18.6. The number of hydrogen-bond donors (Lipinski definition) is 8. The number of aliphatic hydroxyl groups excluding tert-OH is 8. The van der Waals surface area contributed by atoms with E-state index in [-0.39, 0.29) is 25.9 Å². The standard InChI is InChI=1S/C18H38O7.C14H32N2O4/c1-14(19)6-5-7-18(11-23-8-15(2)20,12-24-9-16(3)21)13-25-10-17(4)22;1-11(17)7-15(8-12(2)18)5-6-16(9-13(3)19)10-14(4)20/h14-17,19-22H,5-13H2,1-4H3;11-14,17-20H,5-10H2,1-4H3. The van der Waals surface area contributed by atoms with Crippen molar-refractivity contribution in [1.82, 2.24) is 9.80 Å². The number of ether oxygens (including phenoxy) is 3. The van der Waals surface area contributed by atoms with Gasteiger partial charge in [-0.2, -0.15) is 0 Å². The van der Waals surface area contributed by atoms with Gasteiger partial charge in [0.15, 0.2) is 0 Å². The molecular weight excluding hydrogens is 588 g/mol. The van der Waals surface area contributed by atoms with E-state index in [1.165, 1.54) is 0 Å². The maximum absolute atomic E-state index is 9.50. The predicted molar refractivity (Wildman–Crippen MR) is 175 cm³/mol. The maximum atomic E-state index is 9.50. The molecule has 13 heteroatoms. The first-order chi connectivity index (χ1) is 20.9. The third kappa shape index (κ3) is 31.8. The molecule has 45 heavy (non-hydrogen) atoms. The molecule has 8 atom stereocenters. The highest BCUT2D eigenvalue weighted by atomic mass is 16.5. The van der Waals surface area contributed by atoms with Crippen molar-refractivity contribution in [2.24, 2.45) is 5.41 Å². The minimum atomic E-state index is -0.563. The number of nitrogens with zero attached hydrogens (tertiary/aromatic N) is 2. The smallest absolute Gasteiger partial charge is 0.0745 e. The van der Waals surface area contributed by atoms with Gasteiger partial charge < -0.3 is 55.1 Å². The molecule has 13 nitrogen and oxygen atoms in total. The second-order valence-corrected chi connectivity index (χ2v) is 13.2. The van der Waals surface area contributed by atoms with Crippen LogP contribution in [0.3, 0.4) is 0 Å². The van der Waals surface area contributed by atoms with Crippen LogP contribution in [-0.2, 0) is 14.2 Å². The minimum absolute atomic E-state index is 0.213. The first-order valence-corrected chi connectivity index (χ1v) is 16.5. The van der Waals surface area contributed by atoms with E-state index < -0.39 is 48.1 Å². The number of aliphatic hydroxyl groups is 8. The van der Waals surface area contributed by atoms with Crippen molar-refractivity contribution in [2.45, 2.75) is 123 Å². The van der Waals surface area contributed by atoms with Crippen molar-refractivity contribution in [2.75, 3.05) is 78.9 Å². The average molecular weight is 659 g/mol. The van der Waals surface area contributed by atoms with Crippen molar-refractivity contribution in [3.05, 3.63) is 0 Å². The van der Waals surface area contributed by atoms with Crippen LogP contribution in [0.2, 0.25) is 0 Å². The molecule has 0 amide bonds. The minimum Gasteiger partial charge on any atom is -0.393 e. The van der Waals surface area contributed by atoms with Gasteiger partial charge in [-0.05, 0) is 68.2 Å². The highest BCUT2D eigenvalue weighted by molar-refractivity contribution is 4.80. The quantitative estimate of drug-likeness (QED) is 0.0580. The van der Waals surface area contributed by atoms with Crippen LogP contribution in [0.1, 0.15) is 74.7 Å². The topological polar surface area (TPSA) is 196 Å². The Hall–Kier alpha value is -0.520. The van der Waals surface area contributed by atoms with Crippen molar-refractivity contribution in [1.29, 1.82) is 0 Å². The Morgan fingerprint density at radius 1 is 0.444 bits per heavy atom. The highest BCUT2D eigenvalue weighted by Gasteiger charge is 2.32. The molecule has 0 saturated carbocycles. The largest absolute Gasteiger partial charge is 0.393 e. The Kier molecular flexibility index (Phi) is 28.4. The van der Waals surface area contributed by atoms with Crippen LogP contribution in [0.4, 0.5) is 0 Å². The molecule has 0 aromatic rings. The molecule has 0 aromatic heterocycles. The summed E-state index contributed by atoms with van der Waals surface area (Å²) in [5.41, 5.74) is -0.465. The maximum Gasteiger partial charge on any atom is 0.0745 e. The zero-order valence-corrected chi connectivity index (χ0v) is 29.4. The van der Waals surface area contributed by atoms with Gasteiger partial charge >= 0.3 is 0 Å². The van der Waals surface area contributed by atoms with E-state index in [4.69, 9.17) is 14.2 Å². The lowest BCUT2D eigenvalue weighted by molar-refractivity contribution is -0.0999. The fourth-order valence-corrected chi connectivity index (χ4v) is 4.74. The van der Waals surface area contributed by atoms with Crippen LogP contribution in [-0.4, -0.2) is 178 Å². The summed E-state index contributed by atoms with van der Waals surface area (Å²) < 4.78 is 16.9. The first-order valence-electron chi connectivity index (χ1n) is 16.5. The molecule has 0 radical (unpaired) electrons. The molecule has 0 bridgehead atoms. The summed E-state index contributed by atoms with van der Waals surface area (Å²) in [5, 5.41) is 75.6. The van der Waals surface area contributed by atoms with Crippen molar-refractivity contribution < 1.29 is 55.1 Å². The van der Waals surface area contributed by atoms with Gasteiger partial charge in [0, 0.05) is 44.7 Å². The molecule has 0 spiro atoms. The van der Waals surface area contributed by atoms with E-state index in [0.29, 0.717) is 71.9 Å². The second-order valence-electron chi connectivity index (χ2n) is 13.2. The van der Waals surface area contributed by atoms with E-state index in [2.05, 4.69) is 0 Å². The summed E-state index contributed by atoms with van der Waals surface area (Å²) >= 11 is 0. The normalized spacial score (nSPS) is 18.8. The van der Waals surface area contributed by atoms with Gasteiger partial charge in [-0.1, -0.05) is 6.42 Å². The third-order valence-corrected chi connectivity index (χ3v) is 6.45. The average Bonchev–Trinajstić information content (AvgIpc) is 2.85. The van der Waals surface area contributed by atoms with Gasteiger partial charge in [-0.25, -0.2) is 0 Å². The van der Waals surface area contributed by atoms with Gasteiger partial charge in [0.25, 0.3) is 0 Å². The van der Waals surface area contributed by atoms with Crippen LogP contribution >= 0.6 is 0 Å². The summed E-state index contributed by atoms with van der Waals surface area (Å²) in [6.07, 6.45) is -1.73. The van der Waals surface area contributed by atoms with Gasteiger partial charge in [-0.3, -0.25) is 9.80 Å². The molecule has 0 aliphatic rings. The molecule has 0 rings (SSSR count). The van der Waals surface area contributed by atoms with Crippen LogP contribution in [0, 0.1) is 5.41 Å². The molecule has 0 aromatic carbocycles. The van der Waals surface area contributed by atoms with Crippen LogP contribution < -0.4 is 0 Å². The summed E-state index contributed by atoms with van der Waals surface area (Å²) in [4.78, 5) is 3.98. The second kappa shape index (κ2) is 27.4. The fraction of sp³-hybridized carbons (Fsp3) is 1.00. The van der Waals surface area contributed by atoms with E-state index >= 15 is 0 Å². The highest BCUT2D eigenvalue weighted by Crippen LogP contribution is 2.28. The van der Waals surface area contributed by atoms with Gasteiger partial charge in [0.1, 0.15) is 0 Å². The van der Waals surface area contributed by atoms with Gasteiger partial charge in [0.2, 0.25) is 0 Å². The Bertz CT molecular complexity index is 545. The molecule has 274 valence electrons. The summed E-state index contributed by atoms with van der Waals surface area (Å²) in [7, 11) is 0. The molecule has 0 saturated heterocycles. The Labute approximate surface area is 272 Å². The Morgan fingerprint density at radius 2 is 0.733 bits per heavy atom. The van der Waals surface area contributed by atoms with Crippen molar-refractivity contribution in [3.8, 4) is 0 Å². The van der Waals surface area contributed by atoms with E-state index in [0.717, 1.165) is 6.42 Å². The van der Waals surface area contributed by atoms with E-state index in [1.54, 1.807) is 55.4 Å². The zero-order valence-electron chi connectivity index (χ0n) is 29.4. The van der Waals surface area contributed by atoms with Gasteiger partial charge in [0.05, 0.1) is 88.5 Å². The molecule has 0 heterocycles. The lowest BCUT2D eigenvalue weighted by Crippen LogP contribution is -2.44. The van der Waals surface area contributed by atoms with E-state index in [1.807, 2.05) is 9.80 Å². The fourth-order valence-electron chi connectivity index (χ4n) is 4.74. The summed E-state index contributed by atoms with van der Waals surface area (Å²) in [6, 6.07) is 0. The predicted octanol–water partition coefficient (Wildman–Crippen LogP) is -0.170. The summed E-state index contributed by atoms with van der Waals surface area (Å²) in [5.74, 6) is 0. The molecule has 8 N–H and O–H groups in total. The molecule has 0 aliphatic carbocycles. The van der Waals surface area contributed by atoms with Crippen molar-refractivity contribution in [3.63, 3.8) is 0 Å². The third-order valence-electron chi connectivity index (χ3n) is 6.45. The Balaban J connectivity index is 0. The van der Waals surface area contributed by atoms with Crippen LogP contribution in [0.25, 0.3) is 0 Å². The lowest BCUT2D eigenvalue weighted by Gasteiger charge is -2.34. The monoisotopic (exact) mass is 658 g/mol. The van der Waals surface area contributed by atoms with Gasteiger partial charge in [-0.15, -0.1) is 0 Å². The lowest BCUT2D eigenvalue weighted by atomic mass is 9.84. The zero-order chi connectivity index (χ0) is 35.0. The number of rotatable bonds is 27. The SMILES string of the molecule is CC(O)CCCC(COCC(C)O)(COCC(C)O)COCC(C)O.CC(O)CN(CCN(CC(C)O)CC(C)O)CC(C)O. The van der Waals surface area contributed by atoms with Crippen molar-refractivity contribution >= 4 is 0 Å². The molecule has 0 aliphatic heterocycles.